The second-order valence-corrected chi connectivity index (χ2v) is 5.02. The molecule has 1 unspecified atom stereocenters. The topological polar surface area (TPSA) is 78.4 Å². The first kappa shape index (κ1) is 15.0. The number of nitrogens with two attached hydrogens (primary N) is 1. The highest BCUT2D eigenvalue weighted by Crippen LogP contribution is 2.24. The van der Waals surface area contributed by atoms with Gasteiger partial charge in [0.15, 0.2) is 0 Å². The molecule has 0 aliphatic rings. The van der Waals surface area contributed by atoms with Gasteiger partial charge in [0.1, 0.15) is 5.75 Å². The van der Waals surface area contributed by atoms with Crippen LogP contribution in [0.15, 0.2) is 42.5 Å². The molecule has 2 aromatic carbocycles. The minimum absolute atomic E-state index is 0.0751. The first-order valence-corrected chi connectivity index (χ1v) is 6.64. The van der Waals surface area contributed by atoms with Gasteiger partial charge < -0.3 is 10.5 Å². The fraction of sp³-hybridized carbons (Fsp3) is 0.250. The molecule has 110 valence electrons. The van der Waals surface area contributed by atoms with Crippen LogP contribution in [0.25, 0.3) is 0 Å². The maximum atomic E-state index is 10.9. The van der Waals surface area contributed by atoms with E-state index in [1.165, 1.54) is 6.07 Å². The fourth-order valence-corrected chi connectivity index (χ4v) is 2.28. The molecule has 2 aromatic rings. The van der Waals surface area contributed by atoms with Gasteiger partial charge >= 0.3 is 0 Å². The number of non-ortho nitro benzene ring substituents is 1. The van der Waals surface area contributed by atoms with E-state index in [2.05, 4.69) is 0 Å². The van der Waals surface area contributed by atoms with Crippen molar-refractivity contribution >= 4 is 5.69 Å². The van der Waals surface area contributed by atoms with Crippen molar-refractivity contribution < 1.29 is 9.66 Å². The number of aryl methyl sites for hydroxylation is 1. The lowest BCUT2D eigenvalue weighted by atomic mass is 9.97. The van der Waals surface area contributed by atoms with Crippen molar-refractivity contribution in [1.82, 2.24) is 0 Å². The third-order valence-electron chi connectivity index (χ3n) is 3.31. The molecule has 0 saturated carbocycles. The minimum Gasteiger partial charge on any atom is -0.497 e. The van der Waals surface area contributed by atoms with E-state index in [4.69, 9.17) is 10.5 Å². The third kappa shape index (κ3) is 3.79. The predicted molar refractivity (Wildman–Crippen MR) is 81.5 cm³/mol. The summed E-state index contributed by atoms with van der Waals surface area (Å²) in [7, 11) is 1.61. The van der Waals surface area contributed by atoms with Crippen LogP contribution < -0.4 is 10.5 Å². The molecular formula is C16H18N2O3. The number of rotatable bonds is 5. The number of nitro groups is 1. The van der Waals surface area contributed by atoms with E-state index in [0.717, 1.165) is 22.4 Å². The van der Waals surface area contributed by atoms with Gasteiger partial charge in [0.25, 0.3) is 5.69 Å². The number of nitrogens with zero attached hydrogens (tertiary/aromatic N) is 1. The maximum absolute atomic E-state index is 10.9. The lowest BCUT2D eigenvalue weighted by Gasteiger charge is -2.13. The predicted octanol–water partition coefficient (Wildman–Crippen LogP) is 3.15. The van der Waals surface area contributed by atoms with Crippen molar-refractivity contribution in [2.75, 3.05) is 7.11 Å². The minimum atomic E-state index is -0.394. The Morgan fingerprint density at radius 3 is 2.71 bits per heavy atom. The van der Waals surface area contributed by atoms with Crippen molar-refractivity contribution in [3.63, 3.8) is 0 Å². The molecule has 0 aromatic heterocycles. The molecule has 0 radical (unpaired) electrons. The zero-order chi connectivity index (χ0) is 15.4. The van der Waals surface area contributed by atoms with Crippen LogP contribution in [0.5, 0.6) is 5.75 Å². The van der Waals surface area contributed by atoms with Crippen molar-refractivity contribution in [1.29, 1.82) is 0 Å². The van der Waals surface area contributed by atoms with Crippen molar-refractivity contribution in [2.45, 2.75) is 19.4 Å². The summed E-state index contributed by atoms with van der Waals surface area (Å²) in [5, 5.41) is 10.9. The SMILES string of the molecule is COc1cccc(CC(N)c2cc(C)cc([N+](=O)[O-])c2)c1. The molecule has 0 spiro atoms. The van der Waals surface area contributed by atoms with Crippen molar-refractivity contribution in [2.24, 2.45) is 5.73 Å². The highest BCUT2D eigenvalue weighted by molar-refractivity contribution is 5.41. The summed E-state index contributed by atoms with van der Waals surface area (Å²) in [6.07, 6.45) is 0.595. The average Bonchev–Trinajstić information content (AvgIpc) is 2.46. The Morgan fingerprint density at radius 2 is 2.05 bits per heavy atom. The van der Waals surface area contributed by atoms with Gasteiger partial charge in [0.2, 0.25) is 0 Å². The summed E-state index contributed by atoms with van der Waals surface area (Å²) in [6.45, 7) is 1.83. The number of hydrogen-bond donors (Lipinski definition) is 1. The summed E-state index contributed by atoms with van der Waals surface area (Å²) in [5.41, 5.74) is 8.90. The number of nitro benzene ring substituents is 1. The van der Waals surface area contributed by atoms with Crippen LogP contribution in [0.2, 0.25) is 0 Å². The summed E-state index contributed by atoms with van der Waals surface area (Å²) < 4.78 is 5.18. The van der Waals surface area contributed by atoms with Crippen LogP contribution in [0.4, 0.5) is 5.69 Å². The molecule has 0 aliphatic carbocycles. The second-order valence-electron chi connectivity index (χ2n) is 5.02. The average molecular weight is 286 g/mol. The van der Waals surface area contributed by atoms with Gasteiger partial charge in [-0.25, -0.2) is 0 Å². The van der Waals surface area contributed by atoms with Crippen LogP contribution in [-0.2, 0) is 6.42 Å². The molecule has 0 amide bonds. The molecule has 2 N–H and O–H groups in total. The number of hydrogen-bond acceptors (Lipinski definition) is 4. The van der Waals surface area contributed by atoms with Crippen LogP contribution in [0.3, 0.4) is 0 Å². The second kappa shape index (κ2) is 6.37. The third-order valence-corrected chi connectivity index (χ3v) is 3.31. The monoisotopic (exact) mass is 286 g/mol. The number of methoxy groups -OCH3 is 1. The highest BCUT2D eigenvalue weighted by Gasteiger charge is 2.13. The number of benzene rings is 2. The Morgan fingerprint density at radius 1 is 1.29 bits per heavy atom. The molecule has 21 heavy (non-hydrogen) atoms. The molecule has 0 saturated heterocycles. The van der Waals surface area contributed by atoms with Gasteiger partial charge in [-0.1, -0.05) is 18.2 Å². The Bertz CT molecular complexity index is 656. The lowest BCUT2D eigenvalue weighted by molar-refractivity contribution is -0.385. The molecule has 0 bridgehead atoms. The first-order valence-electron chi connectivity index (χ1n) is 6.64. The smallest absolute Gasteiger partial charge is 0.270 e. The molecule has 1 atom stereocenters. The van der Waals surface area contributed by atoms with Crippen molar-refractivity contribution in [3.05, 3.63) is 69.3 Å². The van der Waals surface area contributed by atoms with Gasteiger partial charge in [-0.2, -0.15) is 0 Å². The molecular weight excluding hydrogens is 268 g/mol. The highest BCUT2D eigenvalue weighted by atomic mass is 16.6. The van der Waals surface area contributed by atoms with E-state index < -0.39 is 4.92 Å². The first-order chi connectivity index (χ1) is 9.99. The molecule has 0 aliphatic heterocycles. The number of ether oxygens (including phenoxy) is 1. The van der Waals surface area contributed by atoms with E-state index in [1.54, 1.807) is 13.2 Å². The zero-order valence-corrected chi connectivity index (χ0v) is 12.1. The van der Waals surface area contributed by atoms with E-state index in [-0.39, 0.29) is 11.7 Å². The van der Waals surface area contributed by atoms with Crippen molar-refractivity contribution in [3.8, 4) is 5.75 Å². The Hall–Kier alpha value is -2.40. The molecule has 5 nitrogen and oxygen atoms in total. The molecule has 0 fully saturated rings. The quantitative estimate of drug-likeness (QED) is 0.676. The molecule has 0 heterocycles. The molecule has 2 rings (SSSR count). The zero-order valence-electron chi connectivity index (χ0n) is 12.1. The van der Waals surface area contributed by atoms with Gasteiger partial charge in [0.05, 0.1) is 12.0 Å². The van der Waals surface area contributed by atoms with Gasteiger partial charge in [0, 0.05) is 18.2 Å². The van der Waals surface area contributed by atoms with Gasteiger partial charge in [-0.3, -0.25) is 10.1 Å². The van der Waals surface area contributed by atoms with Crippen LogP contribution in [-0.4, -0.2) is 12.0 Å². The van der Waals surface area contributed by atoms with E-state index in [0.29, 0.717) is 6.42 Å². The standard InChI is InChI=1S/C16H18N2O3/c1-11-6-13(10-14(7-11)18(19)20)16(17)9-12-4-3-5-15(8-12)21-2/h3-8,10,16H,9,17H2,1-2H3. The van der Waals surface area contributed by atoms with Gasteiger partial charge in [-0.05, 0) is 42.2 Å². The van der Waals surface area contributed by atoms with Gasteiger partial charge in [-0.15, -0.1) is 0 Å². The summed E-state index contributed by atoms with van der Waals surface area (Å²) in [5.74, 6) is 0.773. The van der Waals surface area contributed by atoms with Crippen LogP contribution in [0, 0.1) is 17.0 Å². The Labute approximate surface area is 123 Å². The molecule has 5 heteroatoms. The van der Waals surface area contributed by atoms with E-state index in [1.807, 2.05) is 37.3 Å². The largest absolute Gasteiger partial charge is 0.497 e. The van der Waals surface area contributed by atoms with Crippen LogP contribution in [0.1, 0.15) is 22.7 Å². The maximum Gasteiger partial charge on any atom is 0.270 e. The Balaban J connectivity index is 2.23. The summed E-state index contributed by atoms with van der Waals surface area (Å²) in [4.78, 5) is 10.5. The normalized spacial score (nSPS) is 12.0. The Kier molecular flexibility index (Phi) is 4.55. The van der Waals surface area contributed by atoms with E-state index >= 15 is 0 Å². The van der Waals surface area contributed by atoms with Crippen LogP contribution >= 0.6 is 0 Å². The fourth-order valence-electron chi connectivity index (χ4n) is 2.28. The van der Waals surface area contributed by atoms with E-state index in [9.17, 15) is 10.1 Å². The lowest BCUT2D eigenvalue weighted by Crippen LogP contribution is -2.14. The summed E-state index contributed by atoms with van der Waals surface area (Å²) in [6, 6.07) is 12.3. The summed E-state index contributed by atoms with van der Waals surface area (Å²) >= 11 is 0.